The molecule has 3 heterocycles. The van der Waals surface area contributed by atoms with Crippen molar-refractivity contribution in [3.05, 3.63) is 33.2 Å². The average Bonchev–Trinajstić information content (AvgIpc) is 3.03. The number of fused-ring (bicyclic) bond motifs is 3. The number of thiophene rings is 1. The number of Topliss-reactive ketones (excluding diaryl/α,β-unsaturated/α-hetero) is 1. The van der Waals surface area contributed by atoms with Crippen LogP contribution in [0.4, 0.5) is 0 Å². The Morgan fingerprint density at radius 2 is 2.16 bits per heavy atom. The molecule has 0 spiro atoms. The first-order chi connectivity index (χ1) is 9.22. The van der Waals surface area contributed by atoms with Gasteiger partial charge in [-0.2, -0.15) is 0 Å². The first kappa shape index (κ1) is 11.6. The van der Waals surface area contributed by atoms with Crippen LogP contribution in [0.25, 0.3) is 15.5 Å². The van der Waals surface area contributed by atoms with Gasteiger partial charge < -0.3 is 0 Å². The number of hydrogen-bond acceptors (Lipinski definition) is 4. The molecule has 1 aliphatic carbocycles. The highest BCUT2D eigenvalue weighted by Gasteiger charge is 2.24. The Labute approximate surface area is 122 Å². The summed E-state index contributed by atoms with van der Waals surface area (Å²) in [4.78, 5) is 19.3. The van der Waals surface area contributed by atoms with Gasteiger partial charge in [0.05, 0.1) is 14.1 Å². The van der Waals surface area contributed by atoms with E-state index in [9.17, 15) is 4.79 Å². The SMILES string of the molecule is O=C1CCCc2c1sc1nc(-c3ccc(Cl)s3)cn21. The lowest BCUT2D eigenvalue weighted by Crippen LogP contribution is -2.09. The van der Waals surface area contributed by atoms with Crippen LogP contribution in [0.1, 0.15) is 28.2 Å². The number of carbonyl (C=O) groups is 1. The fraction of sp³-hybridized carbons (Fsp3) is 0.231. The molecule has 3 aromatic rings. The number of aryl methyl sites for hydroxylation is 1. The maximum Gasteiger partial charge on any atom is 0.195 e. The molecule has 0 bridgehead atoms. The van der Waals surface area contributed by atoms with Gasteiger partial charge in [0.15, 0.2) is 10.7 Å². The Kier molecular flexibility index (Phi) is 2.55. The second-order valence-electron chi connectivity index (χ2n) is 4.54. The number of thiazole rings is 1. The molecule has 0 fully saturated rings. The zero-order valence-electron chi connectivity index (χ0n) is 9.85. The maximum atomic E-state index is 11.9. The number of ketones is 1. The van der Waals surface area contributed by atoms with Gasteiger partial charge in [-0.1, -0.05) is 22.9 Å². The monoisotopic (exact) mass is 308 g/mol. The first-order valence-electron chi connectivity index (χ1n) is 6.02. The Morgan fingerprint density at radius 3 is 2.95 bits per heavy atom. The van der Waals surface area contributed by atoms with Crippen molar-refractivity contribution in [1.29, 1.82) is 0 Å². The topological polar surface area (TPSA) is 34.4 Å². The molecule has 0 amide bonds. The predicted octanol–water partition coefficient (Wildman–Crippen LogP) is 4.30. The fourth-order valence-corrected chi connectivity index (χ4v) is 4.56. The maximum absolute atomic E-state index is 11.9. The van der Waals surface area contributed by atoms with Gasteiger partial charge in [-0.3, -0.25) is 9.20 Å². The third-order valence-electron chi connectivity index (χ3n) is 3.32. The Morgan fingerprint density at radius 1 is 1.26 bits per heavy atom. The van der Waals surface area contributed by atoms with Crippen molar-refractivity contribution in [1.82, 2.24) is 9.38 Å². The van der Waals surface area contributed by atoms with Gasteiger partial charge in [-0.05, 0) is 25.0 Å². The summed E-state index contributed by atoms with van der Waals surface area (Å²) >= 11 is 8.99. The summed E-state index contributed by atoms with van der Waals surface area (Å²) < 4.78 is 2.84. The summed E-state index contributed by atoms with van der Waals surface area (Å²) in [6.07, 6.45) is 4.59. The number of aromatic nitrogens is 2. The molecular weight excluding hydrogens is 300 g/mol. The van der Waals surface area contributed by atoms with E-state index < -0.39 is 0 Å². The minimum absolute atomic E-state index is 0.262. The Hall–Kier alpha value is -1.17. The van der Waals surface area contributed by atoms with E-state index in [4.69, 9.17) is 11.6 Å². The van der Waals surface area contributed by atoms with Crippen LogP contribution in [0.15, 0.2) is 18.3 Å². The summed E-state index contributed by atoms with van der Waals surface area (Å²) in [7, 11) is 0. The van der Waals surface area contributed by atoms with Crippen LogP contribution >= 0.6 is 34.3 Å². The van der Waals surface area contributed by atoms with Crippen LogP contribution in [0.2, 0.25) is 4.34 Å². The largest absolute Gasteiger partial charge is 0.293 e. The van der Waals surface area contributed by atoms with Gasteiger partial charge in [0.25, 0.3) is 0 Å². The van der Waals surface area contributed by atoms with Gasteiger partial charge in [0, 0.05) is 18.3 Å². The number of imidazole rings is 1. The molecule has 0 unspecified atom stereocenters. The van der Waals surface area contributed by atoms with Crippen LogP contribution in [-0.2, 0) is 6.42 Å². The standard InChI is InChI=1S/C13H9ClN2OS2/c14-11-5-4-10(18-11)7-6-16-8-2-1-3-9(17)12(8)19-13(16)15-7/h4-6H,1-3H2. The number of nitrogens with zero attached hydrogens (tertiary/aromatic N) is 2. The zero-order valence-corrected chi connectivity index (χ0v) is 12.2. The van der Waals surface area contributed by atoms with Gasteiger partial charge in [-0.25, -0.2) is 4.98 Å². The molecular formula is C13H9ClN2OS2. The molecule has 0 radical (unpaired) electrons. The predicted molar refractivity (Wildman–Crippen MR) is 78.7 cm³/mol. The molecule has 4 rings (SSSR count). The quantitative estimate of drug-likeness (QED) is 0.672. The highest BCUT2D eigenvalue weighted by molar-refractivity contribution is 7.20. The highest BCUT2D eigenvalue weighted by atomic mass is 35.5. The van der Waals surface area contributed by atoms with Gasteiger partial charge in [0.1, 0.15) is 5.69 Å². The van der Waals surface area contributed by atoms with Crippen LogP contribution in [0, 0.1) is 0 Å². The van der Waals surface area contributed by atoms with Crippen molar-refractivity contribution in [3.63, 3.8) is 0 Å². The van der Waals surface area contributed by atoms with E-state index in [1.165, 1.54) is 22.7 Å². The normalized spacial score (nSPS) is 15.1. The van der Waals surface area contributed by atoms with Crippen molar-refractivity contribution in [3.8, 4) is 10.6 Å². The lowest BCUT2D eigenvalue weighted by atomic mass is 10.0. The number of carbonyl (C=O) groups excluding carboxylic acids is 1. The summed E-state index contributed by atoms with van der Waals surface area (Å²) in [5.41, 5.74) is 2.06. The second-order valence-corrected chi connectivity index (χ2v) is 7.23. The summed E-state index contributed by atoms with van der Waals surface area (Å²) in [6, 6.07) is 3.87. The average molecular weight is 309 g/mol. The first-order valence-corrected chi connectivity index (χ1v) is 8.03. The third kappa shape index (κ3) is 1.76. The smallest absolute Gasteiger partial charge is 0.195 e. The van der Waals surface area contributed by atoms with E-state index in [0.29, 0.717) is 6.42 Å². The van der Waals surface area contributed by atoms with Crippen molar-refractivity contribution in [2.45, 2.75) is 19.3 Å². The minimum atomic E-state index is 0.262. The molecule has 3 nitrogen and oxygen atoms in total. The van der Waals surface area contributed by atoms with E-state index in [1.807, 2.05) is 18.3 Å². The van der Waals surface area contributed by atoms with Gasteiger partial charge >= 0.3 is 0 Å². The lowest BCUT2D eigenvalue weighted by molar-refractivity contribution is 0.0976. The summed E-state index contributed by atoms with van der Waals surface area (Å²) in [5.74, 6) is 0.262. The Bertz CT molecular complexity index is 799. The molecule has 0 aliphatic heterocycles. The highest BCUT2D eigenvalue weighted by Crippen LogP contribution is 2.35. The summed E-state index contributed by atoms with van der Waals surface area (Å²) in [6.45, 7) is 0. The van der Waals surface area contributed by atoms with Crippen LogP contribution in [0.5, 0.6) is 0 Å². The van der Waals surface area contributed by atoms with E-state index >= 15 is 0 Å². The molecule has 19 heavy (non-hydrogen) atoms. The van der Waals surface area contributed by atoms with Crippen molar-refractivity contribution < 1.29 is 4.79 Å². The molecule has 3 aromatic heterocycles. The zero-order chi connectivity index (χ0) is 13.0. The molecule has 1 aliphatic rings. The van der Waals surface area contributed by atoms with E-state index in [0.717, 1.165) is 43.3 Å². The lowest BCUT2D eigenvalue weighted by Gasteiger charge is -2.08. The summed E-state index contributed by atoms with van der Waals surface area (Å²) in [5, 5.41) is 0. The van der Waals surface area contributed by atoms with Gasteiger partial charge in [-0.15, -0.1) is 11.3 Å². The third-order valence-corrected chi connectivity index (χ3v) is 5.71. The second kappa shape index (κ2) is 4.16. The Balaban J connectivity index is 1.89. The molecule has 0 saturated heterocycles. The minimum Gasteiger partial charge on any atom is -0.293 e. The molecule has 96 valence electrons. The molecule has 6 heteroatoms. The van der Waals surface area contributed by atoms with Crippen LogP contribution in [0.3, 0.4) is 0 Å². The van der Waals surface area contributed by atoms with Crippen LogP contribution in [-0.4, -0.2) is 15.2 Å². The number of rotatable bonds is 1. The van der Waals surface area contributed by atoms with Crippen molar-refractivity contribution in [2.24, 2.45) is 0 Å². The van der Waals surface area contributed by atoms with Crippen molar-refractivity contribution in [2.75, 3.05) is 0 Å². The fourth-order valence-electron chi connectivity index (χ4n) is 2.44. The number of halogens is 1. The molecule has 0 saturated carbocycles. The molecule has 0 N–H and O–H groups in total. The number of hydrogen-bond donors (Lipinski definition) is 0. The van der Waals surface area contributed by atoms with E-state index in [1.54, 1.807) is 0 Å². The molecule has 0 atom stereocenters. The molecule has 0 aromatic carbocycles. The van der Waals surface area contributed by atoms with Crippen LogP contribution < -0.4 is 0 Å². The van der Waals surface area contributed by atoms with E-state index in [2.05, 4.69) is 9.38 Å². The van der Waals surface area contributed by atoms with Crippen molar-refractivity contribution >= 4 is 45.0 Å². The van der Waals surface area contributed by atoms with E-state index in [-0.39, 0.29) is 5.78 Å². The van der Waals surface area contributed by atoms with Gasteiger partial charge in [0.2, 0.25) is 0 Å².